The first-order chi connectivity index (χ1) is 15.6. The molecule has 0 atom stereocenters. The zero-order valence-electron chi connectivity index (χ0n) is 20.3. The summed E-state index contributed by atoms with van der Waals surface area (Å²) >= 11 is 0. The Morgan fingerprint density at radius 1 is 0.667 bits per heavy atom. The van der Waals surface area contributed by atoms with Crippen LogP contribution >= 0.6 is 0 Å². The smallest absolute Gasteiger partial charge is 0.324 e. The average Bonchev–Trinajstić information content (AvgIpc) is 2.78. The summed E-state index contributed by atoms with van der Waals surface area (Å²) in [5, 5.41) is 40.2. The van der Waals surface area contributed by atoms with E-state index >= 15 is 0 Å². The van der Waals surface area contributed by atoms with Crippen LogP contribution in [0.2, 0.25) is 0 Å². The highest BCUT2D eigenvalue weighted by Gasteiger charge is 2.30. The fourth-order valence-corrected chi connectivity index (χ4v) is 3.62. The second-order valence-electron chi connectivity index (χ2n) is 8.25. The Morgan fingerprint density at radius 2 is 0.970 bits per heavy atom. The van der Waals surface area contributed by atoms with E-state index in [9.17, 15) is 30.3 Å². The maximum absolute atomic E-state index is 10.4. The number of rotatable bonds is 15. The van der Waals surface area contributed by atoms with Gasteiger partial charge in [-0.1, -0.05) is 53.4 Å². The molecule has 0 radical (unpaired) electrons. The van der Waals surface area contributed by atoms with E-state index in [4.69, 9.17) is 5.11 Å². The van der Waals surface area contributed by atoms with Crippen LogP contribution in [-0.2, 0) is 0 Å². The summed E-state index contributed by atoms with van der Waals surface area (Å²) in [5.41, 5.74) is -3.00. The Hall–Kier alpha value is -2.82. The van der Waals surface area contributed by atoms with E-state index in [1.165, 1.54) is 82.0 Å². The monoisotopic (exact) mass is 471 g/mol. The molecule has 0 amide bonds. The Morgan fingerprint density at radius 3 is 1.18 bits per heavy atom. The van der Waals surface area contributed by atoms with Gasteiger partial charge in [0.2, 0.25) is 0 Å². The van der Waals surface area contributed by atoms with Gasteiger partial charge in [-0.25, -0.2) is 0 Å². The first-order valence-electron chi connectivity index (χ1n) is 11.7. The first-order valence-corrected chi connectivity index (χ1v) is 11.7. The van der Waals surface area contributed by atoms with Gasteiger partial charge in [-0.15, -0.1) is 0 Å². The molecule has 0 aliphatic carbocycles. The van der Waals surface area contributed by atoms with E-state index in [0.717, 1.165) is 0 Å². The summed E-state index contributed by atoms with van der Waals surface area (Å²) in [6.07, 6.45) is 11.1. The number of hydrogen-bond donors (Lipinski definition) is 1. The number of phenols is 1. The van der Waals surface area contributed by atoms with Crippen LogP contribution in [0.4, 0.5) is 17.1 Å². The maximum atomic E-state index is 10.4. The van der Waals surface area contributed by atoms with E-state index in [1.54, 1.807) is 0 Å². The van der Waals surface area contributed by atoms with E-state index < -0.39 is 37.6 Å². The van der Waals surface area contributed by atoms with Crippen molar-refractivity contribution in [2.45, 2.75) is 79.1 Å². The molecule has 0 bridgehead atoms. The van der Waals surface area contributed by atoms with Crippen molar-refractivity contribution in [1.82, 2.24) is 0 Å². The van der Waals surface area contributed by atoms with E-state index in [2.05, 4.69) is 27.7 Å². The molecular formula is C22H39N4O7+. The minimum absolute atomic E-state index is 0.447. The molecule has 1 rings (SSSR count). The predicted octanol–water partition coefficient (Wildman–Crippen LogP) is 6.12. The van der Waals surface area contributed by atoms with Crippen LogP contribution in [0.1, 0.15) is 79.1 Å². The molecule has 0 heterocycles. The molecule has 0 fully saturated rings. The van der Waals surface area contributed by atoms with Crippen LogP contribution in [0.25, 0.3) is 0 Å². The topological polar surface area (TPSA) is 150 Å². The Labute approximate surface area is 195 Å². The molecule has 1 aromatic rings. The van der Waals surface area contributed by atoms with Crippen LogP contribution in [-0.4, -0.2) is 50.5 Å². The Kier molecular flexibility index (Phi) is 14.5. The largest absolute Gasteiger partial charge is 0.497 e. The number of nitro benzene ring substituents is 3. The second-order valence-corrected chi connectivity index (χ2v) is 8.25. The third-order valence-electron chi connectivity index (χ3n) is 5.60. The minimum Gasteiger partial charge on any atom is -0.497 e. The van der Waals surface area contributed by atoms with Gasteiger partial charge in [0.25, 0.3) is 11.4 Å². The van der Waals surface area contributed by atoms with Gasteiger partial charge in [0.15, 0.2) is 0 Å². The lowest BCUT2D eigenvalue weighted by molar-refractivity contribution is -0.929. The van der Waals surface area contributed by atoms with Crippen LogP contribution in [0.5, 0.6) is 5.75 Å². The molecule has 188 valence electrons. The summed E-state index contributed by atoms with van der Waals surface area (Å²) in [5.74, 6) is -1.21. The summed E-state index contributed by atoms with van der Waals surface area (Å²) in [4.78, 5) is 27.8. The number of benzene rings is 1. The number of nitro groups is 3. The van der Waals surface area contributed by atoms with Crippen LogP contribution < -0.4 is 0 Å². The number of phenolic OH excluding ortho intramolecular Hbond substituents is 1. The molecule has 33 heavy (non-hydrogen) atoms. The fraction of sp³-hybridized carbons (Fsp3) is 0.727. The molecule has 0 spiro atoms. The van der Waals surface area contributed by atoms with Gasteiger partial charge in [0.1, 0.15) is 0 Å². The molecule has 0 aromatic heterocycles. The third kappa shape index (κ3) is 10.6. The van der Waals surface area contributed by atoms with Gasteiger partial charge in [0, 0.05) is 0 Å². The molecule has 1 aromatic carbocycles. The van der Waals surface area contributed by atoms with Crippen molar-refractivity contribution >= 4 is 17.1 Å². The van der Waals surface area contributed by atoms with Gasteiger partial charge in [-0.05, 0) is 25.7 Å². The number of unbranched alkanes of at least 4 members (excludes halogenated alkanes) is 4. The van der Waals surface area contributed by atoms with Gasteiger partial charge < -0.3 is 9.59 Å². The summed E-state index contributed by atoms with van der Waals surface area (Å²) in [7, 11) is 0. The van der Waals surface area contributed by atoms with Crippen molar-refractivity contribution in [3.63, 3.8) is 0 Å². The highest BCUT2D eigenvalue weighted by molar-refractivity contribution is 5.64. The minimum atomic E-state index is -1.21. The van der Waals surface area contributed by atoms with Gasteiger partial charge >= 0.3 is 11.4 Å². The van der Waals surface area contributed by atoms with Gasteiger partial charge in [-0.2, -0.15) is 0 Å². The van der Waals surface area contributed by atoms with E-state index in [0.29, 0.717) is 12.1 Å². The zero-order valence-corrected chi connectivity index (χ0v) is 20.3. The number of nitrogens with zero attached hydrogens (tertiary/aromatic N) is 4. The molecule has 0 aliphatic rings. The van der Waals surface area contributed by atoms with Crippen molar-refractivity contribution in [2.24, 2.45) is 0 Å². The van der Waals surface area contributed by atoms with Crippen molar-refractivity contribution in [2.75, 3.05) is 26.2 Å². The number of non-ortho nitro benzene ring substituents is 1. The highest BCUT2D eigenvalue weighted by atomic mass is 16.6. The predicted molar refractivity (Wildman–Crippen MR) is 127 cm³/mol. The lowest BCUT2D eigenvalue weighted by Crippen LogP contribution is -2.50. The lowest BCUT2D eigenvalue weighted by Gasteiger charge is -2.39. The molecule has 11 nitrogen and oxygen atoms in total. The SMILES string of the molecule is CCCC[N+](CCCC)(CCCC)CCCC.O=[N+]([O-])c1cc([N+](=O)[O-])c(O)c([N+](=O)[O-])c1. The zero-order chi connectivity index (χ0) is 25.4. The number of quaternary nitrogens is 1. The summed E-state index contributed by atoms with van der Waals surface area (Å²) in [6, 6.07) is 0.894. The standard InChI is InChI=1S/C16H36N.C6H3N3O7/c1-5-9-13-17(14-10-6-2,15-11-7-3)16-12-8-4;10-6-4(8(13)14)1-3(7(11)12)2-5(6)9(15)16/h5-16H2,1-4H3;1-2,10H/q+1;. The Balaban J connectivity index is 0.000000621. The number of aromatic hydroxyl groups is 1. The Bertz CT molecular complexity index is 699. The molecule has 0 aliphatic heterocycles. The van der Waals surface area contributed by atoms with Crippen molar-refractivity contribution in [3.8, 4) is 5.75 Å². The number of hydrogen-bond acceptors (Lipinski definition) is 7. The molecule has 11 heteroatoms. The van der Waals surface area contributed by atoms with Gasteiger partial charge in [0.05, 0.1) is 53.1 Å². The van der Waals surface area contributed by atoms with E-state index in [-0.39, 0.29) is 0 Å². The summed E-state index contributed by atoms with van der Waals surface area (Å²) in [6.45, 7) is 15.0. The molecular weight excluding hydrogens is 432 g/mol. The van der Waals surface area contributed by atoms with Crippen molar-refractivity contribution in [1.29, 1.82) is 0 Å². The third-order valence-corrected chi connectivity index (χ3v) is 5.60. The van der Waals surface area contributed by atoms with Crippen LogP contribution in [0, 0.1) is 30.3 Å². The molecule has 0 saturated carbocycles. The maximum Gasteiger partial charge on any atom is 0.324 e. The molecule has 1 N–H and O–H groups in total. The second kappa shape index (κ2) is 15.9. The molecule has 0 unspecified atom stereocenters. The first kappa shape index (κ1) is 30.2. The van der Waals surface area contributed by atoms with Crippen LogP contribution in [0.15, 0.2) is 12.1 Å². The van der Waals surface area contributed by atoms with Gasteiger partial charge in [-0.3, -0.25) is 30.3 Å². The quantitative estimate of drug-likeness (QED) is 0.184. The lowest BCUT2D eigenvalue weighted by atomic mass is 10.1. The summed E-state index contributed by atoms with van der Waals surface area (Å²) < 4.78 is 1.42. The normalized spacial score (nSPS) is 10.9. The van der Waals surface area contributed by atoms with E-state index in [1.807, 2.05) is 0 Å². The fourth-order valence-electron chi connectivity index (χ4n) is 3.62. The average molecular weight is 472 g/mol. The molecule has 0 saturated heterocycles. The van der Waals surface area contributed by atoms with Crippen LogP contribution in [0.3, 0.4) is 0 Å². The van der Waals surface area contributed by atoms with Crippen molar-refractivity contribution in [3.05, 3.63) is 42.5 Å². The highest BCUT2D eigenvalue weighted by Crippen LogP contribution is 2.38. The van der Waals surface area contributed by atoms with Crippen molar-refractivity contribution < 1.29 is 24.4 Å².